The van der Waals surface area contributed by atoms with Crippen molar-refractivity contribution >= 4 is 18.4 Å². The van der Waals surface area contributed by atoms with Gasteiger partial charge in [0, 0.05) is 6.04 Å². The maximum atomic E-state index is 12.8. The van der Waals surface area contributed by atoms with Crippen molar-refractivity contribution in [1.82, 2.24) is 0 Å². The molecule has 2 N–H and O–H groups in total. The van der Waals surface area contributed by atoms with Gasteiger partial charge in [0.15, 0.2) is 11.6 Å². The zero-order chi connectivity index (χ0) is 11.4. The third kappa shape index (κ3) is 3.75. The first-order valence-corrected chi connectivity index (χ1v) is 4.32. The van der Waals surface area contributed by atoms with Gasteiger partial charge in [0.05, 0.1) is 13.5 Å². The molecule has 16 heavy (non-hydrogen) atoms. The van der Waals surface area contributed by atoms with Crippen LogP contribution in [0.25, 0.3) is 0 Å². The number of hydrogen-bond donors (Lipinski definition) is 1. The molecule has 0 heterocycles. The number of benzene rings is 1. The summed E-state index contributed by atoms with van der Waals surface area (Å²) in [5.41, 5.74) is 5.96. The topological polar surface area (TPSA) is 52.3 Å². The van der Waals surface area contributed by atoms with Crippen LogP contribution in [0.15, 0.2) is 18.2 Å². The Morgan fingerprint density at radius 1 is 1.44 bits per heavy atom. The van der Waals surface area contributed by atoms with Crippen LogP contribution in [0.3, 0.4) is 0 Å². The second-order valence-corrected chi connectivity index (χ2v) is 3.06. The lowest BCUT2D eigenvalue weighted by Gasteiger charge is -2.10. The fourth-order valence-corrected chi connectivity index (χ4v) is 1.12. The van der Waals surface area contributed by atoms with Crippen LogP contribution >= 0.6 is 12.4 Å². The summed E-state index contributed by atoms with van der Waals surface area (Å²) in [4.78, 5) is 10.9. The fraction of sp³-hybridized carbons (Fsp3) is 0.300. The normalized spacial score (nSPS) is 11.5. The van der Waals surface area contributed by atoms with E-state index in [1.807, 2.05) is 0 Å². The third-order valence-electron chi connectivity index (χ3n) is 1.99. The summed E-state index contributed by atoms with van der Waals surface area (Å²) in [5, 5.41) is 0. The van der Waals surface area contributed by atoms with Gasteiger partial charge in [-0.25, -0.2) is 8.78 Å². The molecule has 1 aromatic carbocycles. The predicted molar refractivity (Wildman–Crippen MR) is 57.2 cm³/mol. The van der Waals surface area contributed by atoms with Crippen LogP contribution in [-0.2, 0) is 9.53 Å². The quantitative estimate of drug-likeness (QED) is 0.836. The van der Waals surface area contributed by atoms with E-state index in [2.05, 4.69) is 4.74 Å². The Hall–Kier alpha value is -1.20. The molecule has 0 saturated carbocycles. The summed E-state index contributed by atoms with van der Waals surface area (Å²) in [5.74, 6) is -2.41. The average molecular weight is 252 g/mol. The Morgan fingerprint density at radius 3 is 2.56 bits per heavy atom. The molecule has 0 radical (unpaired) electrons. The molecule has 0 unspecified atom stereocenters. The molecule has 0 amide bonds. The molecule has 1 rings (SSSR count). The number of ether oxygens (including phenoxy) is 1. The fourth-order valence-electron chi connectivity index (χ4n) is 1.12. The number of nitrogens with two attached hydrogens (primary N) is 1. The molecular formula is C10H12ClF2NO2. The van der Waals surface area contributed by atoms with E-state index >= 15 is 0 Å². The maximum absolute atomic E-state index is 12.8. The summed E-state index contributed by atoms with van der Waals surface area (Å²) in [7, 11) is 1.24. The first kappa shape index (κ1) is 14.8. The van der Waals surface area contributed by atoms with Crippen molar-refractivity contribution in [1.29, 1.82) is 0 Å². The van der Waals surface area contributed by atoms with E-state index in [0.29, 0.717) is 5.56 Å². The second kappa shape index (κ2) is 6.40. The largest absolute Gasteiger partial charge is 0.469 e. The number of carbonyl (C=O) groups is 1. The van der Waals surface area contributed by atoms with E-state index in [4.69, 9.17) is 5.73 Å². The van der Waals surface area contributed by atoms with Gasteiger partial charge in [0.25, 0.3) is 0 Å². The first-order chi connectivity index (χ1) is 7.04. The highest BCUT2D eigenvalue weighted by molar-refractivity contribution is 5.85. The Kier molecular flexibility index (Phi) is 5.92. The minimum absolute atomic E-state index is 0. The monoisotopic (exact) mass is 251 g/mol. The van der Waals surface area contributed by atoms with Gasteiger partial charge in [0.1, 0.15) is 0 Å². The highest BCUT2D eigenvalue weighted by atomic mass is 35.5. The van der Waals surface area contributed by atoms with Crippen LogP contribution in [0.1, 0.15) is 18.0 Å². The summed E-state index contributed by atoms with van der Waals surface area (Å²) in [6.07, 6.45) is -0.0679. The lowest BCUT2D eigenvalue weighted by Crippen LogP contribution is -2.16. The van der Waals surface area contributed by atoms with Crippen molar-refractivity contribution in [3.63, 3.8) is 0 Å². The summed E-state index contributed by atoms with van der Waals surface area (Å²) in [6, 6.07) is 2.60. The van der Waals surface area contributed by atoms with Gasteiger partial charge < -0.3 is 10.5 Å². The minimum atomic E-state index is -0.979. The molecule has 3 nitrogen and oxygen atoms in total. The van der Waals surface area contributed by atoms with E-state index in [-0.39, 0.29) is 18.8 Å². The second-order valence-electron chi connectivity index (χ2n) is 3.06. The molecular weight excluding hydrogens is 240 g/mol. The molecule has 0 bridgehead atoms. The highest BCUT2D eigenvalue weighted by Gasteiger charge is 2.13. The Balaban J connectivity index is 0.00000225. The van der Waals surface area contributed by atoms with Crippen LogP contribution < -0.4 is 5.73 Å². The first-order valence-electron chi connectivity index (χ1n) is 4.32. The highest BCUT2D eigenvalue weighted by Crippen LogP contribution is 2.17. The van der Waals surface area contributed by atoms with E-state index in [0.717, 1.165) is 12.1 Å². The number of rotatable bonds is 3. The van der Waals surface area contributed by atoms with Crippen LogP contribution in [0, 0.1) is 11.6 Å². The van der Waals surface area contributed by atoms with Crippen molar-refractivity contribution in [2.24, 2.45) is 5.73 Å². The molecule has 0 fully saturated rings. The van der Waals surface area contributed by atoms with Gasteiger partial charge in [0.2, 0.25) is 0 Å². The Morgan fingerprint density at radius 2 is 2.06 bits per heavy atom. The molecule has 1 atom stereocenters. The van der Waals surface area contributed by atoms with E-state index in [1.54, 1.807) is 0 Å². The van der Waals surface area contributed by atoms with Crippen molar-refractivity contribution in [2.45, 2.75) is 12.5 Å². The van der Waals surface area contributed by atoms with Gasteiger partial charge in [-0.1, -0.05) is 6.07 Å². The number of carbonyl (C=O) groups excluding carboxylic acids is 1. The summed E-state index contributed by atoms with van der Waals surface area (Å²) < 4.78 is 29.8. The Bertz CT molecular complexity index is 374. The van der Waals surface area contributed by atoms with Crippen LogP contribution in [0.2, 0.25) is 0 Å². The lowest BCUT2D eigenvalue weighted by atomic mass is 10.0. The molecule has 90 valence electrons. The number of hydrogen-bond acceptors (Lipinski definition) is 3. The lowest BCUT2D eigenvalue weighted by molar-refractivity contribution is -0.141. The van der Waals surface area contributed by atoms with Crippen LogP contribution in [-0.4, -0.2) is 13.1 Å². The van der Waals surface area contributed by atoms with Crippen molar-refractivity contribution in [3.8, 4) is 0 Å². The predicted octanol–water partition coefficient (Wildman–Crippen LogP) is 1.95. The van der Waals surface area contributed by atoms with Gasteiger partial charge in [-0.2, -0.15) is 0 Å². The molecule has 0 aliphatic heterocycles. The molecule has 1 aromatic rings. The van der Waals surface area contributed by atoms with Gasteiger partial charge >= 0.3 is 5.97 Å². The van der Waals surface area contributed by atoms with Crippen LogP contribution in [0.4, 0.5) is 8.78 Å². The summed E-state index contributed by atoms with van der Waals surface area (Å²) >= 11 is 0. The molecule has 0 saturated heterocycles. The standard InChI is InChI=1S/C10H11F2NO2.ClH/c1-15-10(14)5-9(13)6-2-3-7(11)8(12)4-6;/h2-4,9H,5,13H2,1H3;1H/t9-;/m0./s1. The van der Waals surface area contributed by atoms with Crippen LogP contribution in [0.5, 0.6) is 0 Å². The third-order valence-corrected chi connectivity index (χ3v) is 1.99. The van der Waals surface area contributed by atoms with Crippen molar-refractivity contribution in [3.05, 3.63) is 35.4 Å². The molecule has 0 aromatic heterocycles. The summed E-state index contributed by atoms with van der Waals surface area (Å²) in [6.45, 7) is 0. The van der Waals surface area contributed by atoms with Crippen molar-refractivity contribution < 1.29 is 18.3 Å². The molecule has 0 aliphatic rings. The number of esters is 1. The van der Waals surface area contributed by atoms with E-state index in [1.165, 1.54) is 13.2 Å². The van der Waals surface area contributed by atoms with E-state index in [9.17, 15) is 13.6 Å². The maximum Gasteiger partial charge on any atom is 0.307 e. The SMILES string of the molecule is COC(=O)C[C@H](N)c1ccc(F)c(F)c1.Cl. The number of halogens is 3. The smallest absolute Gasteiger partial charge is 0.307 e. The molecule has 0 aliphatic carbocycles. The van der Waals surface area contributed by atoms with Crippen molar-refractivity contribution in [2.75, 3.05) is 7.11 Å². The molecule has 6 heteroatoms. The zero-order valence-electron chi connectivity index (χ0n) is 8.57. The minimum Gasteiger partial charge on any atom is -0.469 e. The Labute approximate surface area is 98.0 Å². The zero-order valence-corrected chi connectivity index (χ0v) is 9.39. The molecule has 0 spiro atoms. The van der Waals surface area contributed by atoms with E-state index < -0.39 is 23.6 Å². The van der Waals surface area contributed by atoms with Gasteiger partial charge in [-0.15, -0.1) is 12.4 Å². The van der Waals surface area contributed by atoms with Gasteiger partial charge in [-0.05, 0) is 17.7 Å². The number of methoxy groups -OCH3 is 1. The van der Waals surface area contributed by atoms with Gasteiger partial charge in [-0.3, -0.25) is 4.79 Å². The average Bonchev–Trinajstić information content (AvgIpc) is 2.21.